The van der Waals surface area contributed by atoms with E-state index in [4.69, 9.17) is 19.3 Å². The molecule has 9 nitrogen and oxygen atoms in total. The summed E-state index contributed by atoms with van der Waals surface area (Å²) >= 11 is 1.29. The Kier molecular flexibility index (Phi) is 8.25. The van der Waals surface area contributed by atoms with Crippen molar-refractivity contribution in [3.63, 3.8) is 0 Å². The van der Waals surface area contributed by atoms with Crippen molar-refractivity contribution in [2.24, 2.45) is 0 Å². The third-order valence-electron chi connectivity index (χ3n) is 7.01. The Hall–Kier alpha value is -5.22. The first-order valence-corrected chi connectivity index (χ1v) is 15.0. The number of fused-ring (bicyclic) bond motifs is 1. The van der Waals surface area contributed by atoms with Crippen LogP contribution in [-0.4, -0.2) is 45.2 Å². The van der Waals surface area contributed by atoms with E-state index in [9.17, 15) is 4.79 Å². The molecule has 0 amide bonds. The maximum atomic E-state index is 13.5. The van der Waals surface area contributed by atoms with Gasteiger partial charge in [-0.05, 0) is 79.1 Å². The predicted octanol–water partition coefficient (Wildman–Crippen LogP) is 5.84. The van der Waals surface area contributed by atoms with Gasteiger partial charge < -0.3 is 14.2 Å². The minimum absolute atomic E-state index is 0.235. The molecule has 0 bridgehead atoms. The lowest BCUT2D eigenvalue weighted by molar-refractivity contribution is 0.317. The van der Waals surface area contributed by atoms with E-state index in [1.165, 1.54) is 15.9 Å². The monoisotopic (exact) mass is 605 g/mol. The molecular weight excluding hydrogens is 574 g/mol. The van der Waals surface area contributed by atoms with E-state index >= 15 is 0 Å². The Balaban J connectivity index is 1.37. The average Bonchev–Trinajstić information content (AvgIpc) is 3.73. The highest BCUT2D eigenvalue weighted by molar-refractivity contribution is 7.15. The number of benzene rings is 3. The topological polar surface area (TPSA) is 92.8 Å². The fourth-order valence-corrected chi connectivity index (χ4v) is 5.72. The third-order valence-corrected chi connectivity index (χ3v) is 7.97. The van der Waals surface area contributed by atoms with Crippen LogP contribution in [0.1, 0.15) is 35.9 Å². The van der Waals surface area contributed by atoms with Crippen LogP contribution in [-0.2, 0) is 0 Å². The molecule has 0 aliphatic carbocycles. The maximum Gasteiger partial charge on any atom is 0.291 e. The fraction of sp³-hybridized carbons (Fsp3) is 0.176. The molecule has 3 aromatic heterocycles. The van der Waals surface area contributed by atoms with Gasteiger partial charge in [0, 0.05) is 17.3 Å². The lowest BCUT2D eigenvalue weighted by atomic mass is 10.0. The molecular formula is C34H31N5O4S. The largest absolute Gasteiger partial charge is 0.494 e. The van der Waals surface area contributed by atoms with Crippen molar-refractivity contribution in [1.82, 2.24) is 24.4 Å². The molecule has 44 heavy (non-hydrogen) atoms. The van der Waals surface area contributed by atoms with E-state index in [1.807, 2.05) is 96.7 Å². The van der Waals surface area contributed by atoms with E-state index in [0.29, 0.717) is 33.4 Å². The van der Waals surface area contributed by atoms with E-state index in [2.05, 4.69) is 17.0 Å². The normalized spacial score (nSPS) is 12.0. The molecule has 0 spiro atoms. The van der Waals surface area contributed by atoms with E-state index in [-0.39, 0.29) is 5.56 Å². The molecule has 0 aliphatic rings. The Morgan fingerprint density at radius 2 is 1.75 bits per heavy atom. The maximum absolute atomic E-state index is 13.5. The molecule has 0 atom stereocenters. The molecule has 3 heterocycles. The third kappa shape index (κ3) is 5.84. The second-order valence-corrected chi connectivity index (χ2v) is 11.1. The lowest BCUT2D eigenvalue weighted by Crippen LogP contribution is -2.23. The van der Waals surface area contributed by atoms with Crippen LogP contribution in [0.4, 0.5) is 0 Å². The SMILES string of the molecule is CCCOc1ccc(-c2nn(-c3ccccc3)cc2/C=c2\sc3nc(/C=C/c4ccc(OC)c(OC)c4)nn3c2=O)c(C)c1. The summed E-state index contributed by atoms with van der Waals surface area (Å²) in [5.74, 6) is 2.54. The molecule has 0 aliphatic heterocycles. The van der Waals surface area contributed by atoms with Crippen LogP contribution in [0.5, 0.6) is 17.2 Å². The first-order valence-electron chi connectivity index (χ1n) is 14.2. The van der Waals surface area contributed by atoms with Gasteiger partial charge in [0.1, 0.15) is 11.4 Å². The van der Waals surface area contributed by atoms with Crippen molar-refractivity contribution in [2.45, 2.75) is 20.3 Å². The number of ether oxygens (including phenoxy) is 3. The highest BCUT2D eigenvalue weighted by atomic mass is 32.1. The number of aryl methyl sites for hydroxylation is 1. The van der Waals surface area contributed by atoms with Crippen molar-refractivity contribution >= 4 is 34.5 Å². The van der Waals surface area contributed by atoms with Crippen molar-refractivity contribution < 1.29 is 14.2 Å². The summed E-state index contributed by atoms with van der Waals surface area (Å²) in [6.45, 7) is 4.78. The molecule has 222 valence electrons. The smallest absolute Gasteiger partial charge is 0.291 e. The quantitative estimate of drug-likeness (QED) is 0.194. The number of para-hydroxylation sites is 1. The van der Waals surface area contributed by atoms with Gasteiger partial charge in [0.05, 0.1) is 31.0 Å². The standard InChI is InChI=1S/C34H31N5O4S/c1-5-17-43-26-13-14-27(22(2)18-26)32-24(21-38(37-32)25-9-7-6-8-10-25)20-30-33(40)39-34(44-30)35-31(36-39)16-12-23-11-15-28(41-3)29(19-23)42-4/h6-16,18-21H,5,17H2,1-4H3/b16-12+,30-20-. The van der Waals surface area contributed by atoms with Crippen LogP contribution in [0.3, 0.4) is 0 Å². The highest BCUT2D eigenvalue weighted by Crippen LogP contribution is 2.30. The fourth-order valence-electron chi connectivity index (χ4n) is 4.81. The molecule has 0 unspecified atom stereocenters. The first kappa shape index (κ1) is 28.9. The molecule has 6 aromatic rings. The summed E-state index contributed by atoms with van der Waals surface area (Å²) in [6.07, 6.45) is 8.38. The Labute approximate surface area is 258 Å². The zero-order valence-electron chi connectivity index (χ0n) is 24.9. The van der Waals surface area contributed by atoms with Crippen molar-refractivity contribution in [3.8, 4) is 34.2 Å². The zero-order valence-corrected chi connectivity index (χ0v) is 25.7. The Morgan fingerprint density at radius 3 is 2.48 bits per heavy atom. The summed E-state index contributed by atoms with van der Waals surface area (Å²) in [4.78, 5) is 18.5. The van der Waals surface area contributed by atoms with E-state index in [0.717, 1.165) is 45.8 Å². The van der Waals surface area contributed by atoms with Crippen molar-refractivity contribution in [3.05, 3.63) is 110 Å². The summed E-state index contributed by atoms with van der Waals surface area (Å²) in [7, 11) is 3.19. The van der Waals surface area contributed by atoms with E-state index in [1.54, 1.807) is 20.3 Å². The number of nitrogens with zero attached hydrogens (tertiary/aromatic N) is 5. The summed E-state index contributed by atoms with van der Waals surface area (Å²) in [5.41, 5.74) is 5.15. The van der Waals surface area contributed by atoms with Crippen LogP contribution in [0.15, 0.2) is 77.7 Å². The molecule has 0 N–H and O–H groups in total. The van der Waals surface area contributed by atoms with Crippen LogP contribution >= 0.6 is 11.3 Å². The second kappa shape index (κ2) is 12.6. The van der Waals surface area contributed by atoms with Crippen LogP contribution in [0, 0.1) is 6.92 Å². The number of hydrogen-bond acceptors (Lipinski definition) is 8. The van der Waals surface area contributed by atoms with Crippen LogP contribution in [0.2, 0.25) is 0 Å². The van der Waals surface area contributed by atoms with Crippen molar-refractivity contribution in [2.75, 3.05) is 20.8 Å². The molecule has 6 rings (SSSR count). The van der Waals surface area contributed by atoms with Gasteiger partial charge in [-0.15, -0.1) is 5.10 Å². The zero-order chi connectivity index (χ0) is 30.6. The first-order chi connectivity index (χ1) is 21.5. The minimum atomic E-state index is -0.235. The number of hydrogen-bond donors (Lipinski definition) is 0. The van der Waals surface area contributed by atoms with Gasteiger partial charge in [-0.3, -0.25) is 4.79 Å². The molecule has 0 fully saturated rings. The van der Waals surface area contributed by atoms with Crippen LogP contribution in [0.25, 0.3) is 40.1 Å². The summed E-state index contributed by atoms with van der Waals surface area (Å²) in [5, 5.41) is 9.40. The highest BCUT2D eigenvalue weighted by Gasteiger charge is 2.16. The molecule has 0 saturated carbocycles. The molecule has 0 radical (unpaired) electrons. The second-order valence-electron chi connectivity index (χ2n) is 10.1. The van der Waals surface area contributed by atoms with Crippen LogP contribution < -0.4 is 24.3 Å². The Morgan fingerprint density at radius 1 is 0.932 bits per heavy atom. The number of aromatic nitrogens is 5. The van der Waals surface area contributed by atoms with Gasteiger partial charge in [0.25, 0.3) is 5.56 Å². The summed E-state index contributed by atoms with van der Waals surface area (Å²) in [6, 6.07) is 21.5. The summed E-state index contributed by atoms with van der Waals surface area (Å²) < 4.78 is 20.2. The van der Waals surface area contributed by atoms with Gasteiger partial charge >= 0.3 is 0 Å². The average molecular weight is 606 g/mol. The number of thiazole rings is 1. The Bertz CT molecular complexity index is 2080. The van der Waals surface area contributed by atoms with Gasteiger partial charge in [0.15, 0.2) is 17.3 Å². The van der Waals surface area contributed by atoms with Crippen molar-refractivity contribution in [1.29, 1.82) is 0 Å². The number of methoxy groups -OCH3 is 2. The predicted molar refractivity (Wildman–Crippen MR) is 174 cm³/mol. The molecule has 3 aromatic carbocycles. The molecule has 0 saturated heterocycles. The number of rotatable bonds is 10. The van der Waals surface area contributed by atoms with Gasteiger partial charge in [-0.2, -0.15) is 14.6 Å². The van der Waals surface area contributed by atoms with Gasteiger partial charge in [0.2, 0.25) is 4.96 Å². The minimum Gasteiger partial charge on any atom is -0.494 e. The van der Waals surface area contributed by atoms with Gasteiger partial charge in [-0.1, -0.05) is 48.6 Å². The van der Waals surface area contributed by atoms with Gasteiger partial charge in [-0.25, -0.2) is 4.68 Å². The lowest BCUT2D eigenvalue weighted by Gasteiger charge is -2.09. The van der Waals surface area contributed by atoms with E-state index < -0.39 is 0 Å². The molecule has 10 heteroatoms.